The van der Waals surface area contributed by atoms with E-state index in [0.29, 0.717) is 0 Å². The van der Waals surface area contributed by atoms with E-state index < -0.39 is 0 Å². The molecule has 0 radical (unpaired) electrons. The van der Waals surface area contributed by atoms with Crippen LogP contribution in [-0.2, 0) is 0 Å². The molecule has 0 aromatic carbocycles. The molecule has 0 fully saturated rings. The number of hydrogen-bond acceptors (Lipinski definition) is 1. The quantitative estimate of drug-likeness (QED) is 0.586. The van der Waals surface area contributed by atoms with Gasteiger partial charge in [-0.15, -0.1) is 0 Å². The average molecular weight is 185 g/mol. The highest BCUT2D eigenvalue weighted by molar-refractivity contribution is 4.68. The zero-order valence-electron chi connectivity index (χ0n) is 10.1. The fraction of sp³-hybridized carbons (Fsp3) is 1.00. The van der Waals surface area contributed by atoms with Crippen LogP contribution in [0.4, 0.5) is 0 Å². The van der Waals surface area contributed by atoms with Crippen LogP contribution in [0.3, 0.4) is 0 Å². The van der Waals surface area contributed by atoms with Crippen molar-refractivity contribution >= 4 is 0 Å². The molecule has 0 atom stereocenters. The fourth-order valence-electron chi connectivity index (χ4n) is 1.98. The Hall–Kier alpha value is -0.0400. The first-order valence-corrected chi connectivity index (χ1v) is 5.82. The zero-order valence-corrected chi connectivity index (χ0v) is 10.1. The Kier molecular flexibility index (Phi) is 7.35. The van der Waals surface area contributed by atoms with Crippen LogP contribution in [0.1, 0.15) is 53.4 Å². The third kappa shape index (κ3) is 6.09. The molecule has 0 aliphatic heterocycles. The summed E-state index contributed by atoms with van der Waals surface area (Å²) >= 11 is 0. The maximum atomic E-state index is 2.54. The monoisotopic (exact) mass is 185 g/mol. The second-order valence-corrected chi connectivity index (χ2v) is 4.56. The van der Waals surface area contributed by atoms with Crippen LogP contribution >= 0.6 is 0 Å². The minimum absolute atomic E-state index is 0.793. The summed E-state index contributed by atoms with van der Waals surface area (Å²) in [5.41, 5.74) is 0. The molecule has 0 aromatic heterocycles. The third-order valence-electron chi connectivity index (χ3n) is 2.52. The van der Waals surface area contributed by atoms with E-state index in [2.05, 4.69) is 39.6 Å². The molecule has 0 saturated heterocycles. The lowest BCUT2D eigenvalue weighted by molar-refractivity contribution is 0.195. The van der Waals surface area contributed by atoms with Crippen molar-refractivity contribution in [2.24, 2.45) is 5.92 Å². The summed E-state index contributed by atoms with van der Waals surface area (Å²) in [6.45, 7) is 10.4. The number of rotatable bonds is 7. The highest BCUT2D eigenvalue weighted by Gasteiger charge is 2.13. The summed E-state index contributed by atoms with van der Waals surface area (Å²) in [5.74, 6) is 0.793. The van der Waals surface area contributed by atoms with Crippen molar-refractivity contribution in [3.05, 3.63) is 0 Å². The summed E-state index contributed by atoms with van der Waals surface area (Å²) in [5, 5.41) is 0. The maximum Gasteiger partial charge on any atom is 0.00921 e. The molecule has 0 heterocycles. The molecule has 0 spiro atoms. The van der Waals surface area contributed by atoms with Gasteiger partial charge >= 0.3 is 0 Å². The van der Waals surface area contributed by atoms with Crippen LogP contribution in [0, 0.1) is 5.92 Å². The smallest absolute Gasteiger partial charge is 0.00921 e. The molecule has 0 N–H and O–H groups in total. The zero-order chi connectivity index (χ0) is 10.3. The molecule has 0 aliphatic carbocycles. The Bertz CT molecular complexity index is 104. The van der Waals surface area contributed by atoms with Gasteiger partial charge in [0.2, 0.25) is 0 Å². The largest absolute Gasteiger partial charge is 0.303 e. The minimum atomic E-state index is 0.793. The van der Waals surface area contributed by atoms with Gasteiger partial charge < -0.3 is 4.90 Å². The van der Waals surface area contributed by atoms with E-state index >= 15 is 0 Å². The van der Waals surface area contributed by atoms with Crippen molar-refractivity contribution < 1.29 is 0 Å². The van der Waals surface area contributed by atoms with Gasteiger partial charge in [0.15, 0.2) is 0 Å². The summed E-state index contributed by atoms with van der Waals surface area (Å²) in [6.07, 6.45) is 5.34. The van der Waals surface area contributed by atoms with E-state index in [9.17, 15) is 0 Å². The van der Waals surface area contributed by atoms with E-state index in [1.54, 1.807) is 0 Å². The van der Waals surface area contributed by atoms with Gasteiger partial charge in [-0.3, -0.25) is 0 Å². The molecule has 0 bridgehead atoms. The van der Waals surface area contributed by atoms with Gasteiger partial charge in [0.1, 0.15) is 0 Å². The fourth-order valence-corrected chi connectivity index (χ4v) is 1.98. The first kappa shape index (κ1) is 13.0. The first-order valence-electron chi connectivity index (χ1n) is 5.82. The molecule has 0 unspecified atom stereocenters. The van der Waals surface area contributed by atoms with Crippen LogP contribution < -0.4 is 0 Å². The summed E-state index contributed by atoms with van der Waals surface area (Å²) in [4.78, 5) is 2.54. The van der Waals surface area contributed by atoms with E-state index in [4.69, 9.17) is 0 Å². The molecular formula is C12H27N. The van der Waals surface area contributed by atoms with E-state index in [-0.39, 0.29) is 0 Å². The molecular weight excluding hydrogens is 158 g/mol. The molecule has 0 aromatic rings. The van der Waals surface area contributed by atoms with Gasteiger partial charge in [-0.2, -0.15) is 0 Å². The van der Waals surface area contributed by atoms with Crippen LogP contribution in [0.25, 0.3) is 0 Å². The molecule has 0 rings (SSSR count). The van der Waals surface area contributed by atoms with Crippen LogP contribution in [0.2, 0.25) is 0 Å². The third-order valence-corrected chi connectivity index (χ3v) is 2.52. The standard InChI is InChI=1S/C12H27N/c1-6-8-12(9-7-2)13(5)10-11(3)4/h11-12H,6-10H2,1-5H3. The summed E-state index contributed by atoms with van der Waals surface area (Å²) in [6, 6.07) is 0.817. The van der Waals surface area contributed by atoms with Crippen molar-refractivity contribution in [2.45, 2.75) is 59.4 Å². The van der Waals surface area contributed by atoms with Gasteiger partial charge in [0.25, 0.3) is 0 Å². The van der Waals surface area contributed by atoms with Crippen molar-refractivity contribution in [1.82, 2.24) is 4.90 Å². The normalized spacial score (nSPS) is 12.0. The Morgan fingerprint density at radius 1 is 1.00 bits per heavy atom. The topological polar surface area (TPSA) is 3.24 Å². The number of hydrogen-bond donors (Lipinski definition) is 0. The Morgan fingerprint density at radius 2 is 1.46 bits per heavy atom. The van der Waals surface area contributed by atoms with Gasteiger partial charge in [-0.1, -0.05) is 40.5 Å². The molecule has 0 aliphatic rings. The molecule has 13 heavy (non-hydrogen) atoms. The van der Waals surface area contributed by atoms with Crippen LogP contribution in [0.15, 0.2) is 0 Å². The Labute approximate surface area is 84.5 Å². The van der Waals surface area contributed by atoms with Gasteiger partial charge in [0.05, 0.1) is 0 Å². The highest BCUT2D eigenvalue weighted by Crippen LogP contribution is 2.12. The second-order valence-electron chi connectivity index (χ2n) is 4.56. The van der Waals surface area contributed by atoms with E-state index in [1.165, 1.54) is 32.2 Å². The Morgan fingerprint density at radius 3 is 1.77 bits per heavy atom. The van der Waals surface area contributed by atoms with Gasteiger partial charge in [-0.05, 0) is 25.8 Å². The van der Waals surface area contributed by atoms with Gasteiger partial charge in [-0.25, -0.2) is 0 Å². The van der Waals surface area contributed by atoms with Gasteiger partial charge in [0, 0.05) is 12.6 Å². The molecule has 80 valence electrons. The van der Waals surface area contributed by atoms with Crippen molar-refractivity contribution in [3.8, 4) is 0 Å². The SMILES string of the molecule is CCCC(CCC)N(C)CC(C)C. The predicted octanol–water partition coefficient (Wildman–Crippen LogP) is 3.54. The van der Waals surface area contributed by atoms with E-state index in [0.717, 1.165) is 12.0 Å². The molecule has 0 saturated carbocycles. The lowest BCUT2D eigenvalue weighted by Gasteiger charge is -2.29. The van der Waals surface area contributed by atoms with Crippen molar-refractivity contribution in [2.75, 3.05) is 13.6 Å². The molecule has 0 amide bonds. The average Bonchev–Trinajstić information content (AvgIpc) is 2.02. The van der Waals surface area contributed by atoms with Crippen molar-refractivity contribution in [3.63, 3.8) is 0 Å². The molecule has 1 nitrogen and oxygen atoms in total. The van der Waals surface area contributed by atoms with Crippen LogP contribution in [-0.4, -0.2) is 24.5 Å². The summed E-state index contributed by atoms with van der Waals surface area (Å²) < 4.78 is 0. The lowest BCUT2D eigenvalue weighted by Crippen LogP contribution is -2.34. The Balaban J connectivity index is 3.86. The predicted molar refractivity (Wildman–Crippen MR) is 61.1 cm³/mol. The highest BCUT2D eigenvalue weighted by atomic mass is 15.1. The lowest BCUT2D eigenvalue weighted by atomic mass is 10.0. The minimum Gasteiger partial charge on any atom is -0.303 e. The van der Waals surface area contributed by atoms with Crippen molar-refractivity contribution in [1.29, 1.82) is 0 Å². The number of nitrogens with zero attached hydrogens (tertiary/aromatic N) is 1. The summed E-state index contributed by atoms with van der Waals surface area (Å²) in [7, 11) is 2.27. The first-order chi connectivity index (χ1) is 6.11. The maximum absolute atomic E-state index is 2.54. The van der Waals surface area contributed by atoms with E-state index in [1.807, 2.05) is 0 Å². The second kappa shape index (κ2) is 7.37. The van der Waals surface area contributed by atoms with Crippen LogP contribution in [0.5, 0.6) is 0 Å². The molecule has 1 heteroatoms.